The summed E-state index contributed by atoms with van der Waals surface area (Å²) in [5.74, 6) is -0.255. The quantitative estimate of drug-likeness (QED) is 0.663. The minimum absolute atomic E-state index is 0.104. The summed E-state index contributed by atoms with van der Waals surface area (Å²) in [6.07, 6.45) is 0. The molecule has 0 aliphatic heterocycles. The highest BCUT2D eigenvalue weighted by molar-refractivity contribution is 7.92. The molecule has 0 atom stereocenters. The van der Waals surface area contributed by atoms with Crippen LogP contribution in [0.3, 0.4) is 0 Å². The first-order valence-electron chi connectivity index (χ1n) is 8.87. The van der Waals surface area contributed by atoms with Gasteiger partial charge in [-0.2, -0.15) is 0 Å². The average molecular weight is 394 g/mol. The Morgan fingerprint density at radius 2 is 1.57 bits per heavy atom. The number of nitrogens with one attached hydrogen (secondary N) is 2. The smallest absolute Gasteiger partial charge is 0.261 e. The fraction of sp³-hybridized carbons (Fsp3) is 0.136. The lowest BCUT2D eigenvalue weighted by Crippen LogP contribution is -2.23. The fourth-order valence-electron chi connectivity index (χ4n) is 2.80. The van der Waals surface area contributed by atoms with Crippen molar-refractivity contribution >= 4 is 21.6 Å². The Labute approximate surface area is 165 Å². The van der Waals surface area contributed by atoms with Crippen LogP contribution in [0.2, 0.25) is 0 Å². The molecule has 3 aromatic carbocycles. The molecule has 3 aromatic rings. The van der Waals surface area contributed by atoms with E-state index in [0.717, 1.165) is 16.7 Å². The number of aryl methyl sites for hydroxylation is 2. The van der Waals surface area contributed by atoms with Gasteiger partial charge in [0.1, 0.15) is 0 Å². The molecule has 0 saturated carbocycles. The zero-order valence-corrected chi connectivity index (χ0v) is 16.6. The van der Waals surface area contributed by atoms with Crippen LogP contribution in [0, 0.1) is 13.8 Å². The normalized spacial score (nSPS) is 11.1. The molecule has 6 heteroatoms. The van der Waals surface area contributed by atoms with Crippen molar-refractivity contribution in [1.82, 2.24) is 5.32 Å². The zero-order chi connectivity index (χ0) is 20.1. The topological polar surface area (TPSA) is 75.3 Å². The molecule has 2 N–H and O–H groups in total. The molecule has 3 rings (SSSR count). The lowest BCUT2D eigenvalue weighted by Gasteiger charge is -2.12. The molecule has 144 valence electrons. The molecule has 0 saturated heterocycles. The van der Waals surface area contributed by atoms with Gasteiger partial charge in [0.15, 0.2) is 0 Å². The van der Waals surface area contributed by atoms with Crippen LogP contribution in [0.4, 0.5) is 5.69 Å². The highest BCUT2D eigenvalue weighted by Crippen LogP contribution is 2.21. The Balaban J connectivity index is 1.69. The molecule has 0 heterocycles. The van der Waals surface area contributed by atoms with Crippen molar-refractivity contribution in [2.24, 2.45) is 0 Å². The predicted molar refractivity (Wildman–Crippen MR) is 111 cm³/mol. The van der Waals surface area contributed by atoms with E-state index in [2.05, 4.69) is 10.0 Å². The summed E-state index contributed by atoms with van der Waals surface area (Å²) in [4.78, 5) is 12.4. The SMILES string of the molecule is Cc1ccc(NS(=O)(=O)c2ccc(C(=O)NCc3ccccc3)cc2)c(C)c1. The first-order valence-corrected chi connectivity index (χ1v) is 10.4. The summed E-state index contributed by atoms with van der Waals surface area (Å²) in [5, 5.41) is 2.82. The molecule has 0 bridgehead atoms. The van der Waals surface area contributed by atoms with E-state index in [4.69, 9.17) is 0 Å². The molecule has 0 aromatic heterocycles. The van der Waals surface area contributed by atoms with Crippen LogP contribution in [-0.2, 0) is 16.6 Å². The minimum Gasteiger partial charge on any atom is -0.348 e. The summed E-state index contributed by atoms with van der Waals surface area (Å²) in [5.41, 5.74) is 3.84. The van der Waals surface area contributed by atoms with Gasteiger partial charge in [-0.05, 0) is 55.3 Å². The van der Waals surface area contributed by atoms with Gasteiger partial charge in [0.2, 0.25) is 0 Å². The lowest BCUT2D eigenvalue weighted by atomic mass is 10.1. The Kier molecular flexibility index (Phi) is 5.80. The largest absolute Gasteiger partial charge is 0.348 e. The number of benzene rings is 3. The van der Waals surface area contributed by atoms with Crippen molar-refractivity contribution in [2.45, 2.75) is 25.3 Å². The van der Waals surface area contributed by atoms with Gasteiger partial charge in [0, 0.05) is 12.1 Å². The third kappa shape index (κ3) is 4.78. The number of rotatable bonds is 6. The van der Waals surface area contributed by atoms with E-state index in [9.17, 15) is 13.2 Å². The van der Waals surface area contributed by atoms with Gasteiger partial charge in [-0.3, -0.25) is 9.52 Å². The summed E-state index contributed by atoms with van der Waals surface area (Å²) in [7, 11) is -3.73. The van der Waals surface area contributed by atoms with E-state index < -0.39 is 10.0 Å². The molecule has 0 fully saturated rings. The van der Waals surface area contributed by atoms with Crippen LogP contribution >= 0.6 is 0 Å². The number of carbonyl (C=O) groups is 1. The Morgan fingerprint density at radius 1 is 0.893 bits per heavy atom. The number of sulfonamides is 1. The van der Waals surface area contributed by atoms with Crippen LogP contribution in [0.25, 0.3) is 0 Å². The predicted octanol–water partition coefficient (Wildman–Crippen LogP) is 4.03. The summed E-state index contributed by atoms with van der Waals surface area (Å²) >= 11 is 0. The van der Waals surface area contributed by atoms with Gasteiger partial charge in [0.05, 0.1) is 10.6 Å². The van der Waals surface area contributed by atoms with E-state index in [1.54, 1.807) is 6.07 Å². The number of hydrogen-bond acceptors (Lipinski definition) is 3. The van der Waals surface area contributed by atoms with E-state index >= 15 is 0 Å². The second kappa shape index (κ2) is 8.27. The van der Waals surface area contributed by atoms with Gasteiger partial charge in [-0.15, -0.1) is 0 Å². The molecule has 0 aliphatic carbocycles. The van der Waals surface area contributed by atoms with E-state index in [0.29, 0.717) is 17.8 Å². The molecule has 0 radical (unpaired) electrons. The first kappa shape index (κ1) is 19.6. The van der Waals surface area contributed by atoms with E-state index in [-0.39, 0.29) is 10.8 Å². The second-order valence-corrected chi connectivity index (χ2v) is 8.30. The van der Waals surface area contributed by atoms with Crippen LogP contribution in [-0.4, -0.2) is 14.3 Å². The fourth-order valence-corrected chi connectivity index (χ4v) is 3.93. The number of hydrogen-bond donors (Lipinski definition) is 2. The van der Waals surface area contributed by atoms with Gasteiger partial charge >= 0.3 is 0 Å². The summed E-state index contributed by atoms with van der Waals surface area (Å²) in [6, 6.07) is 21.0. The molecule has 0 unspecified atom stereocenters. The third-order valence-electron chi connectivity index (χ3n) is 4.35. The van der Waals surface area contributed by atoms with Gasteiger partial charge in [0.25, 0.3) is 15.9 Å². The average Bonchev–Trinajstić information content (AvgIpc) is 2.69. The highest BCUT2D eigenvalue weighted by atomic mass is 32.2. The Bertz CT molecular complexity index is 1080. The van der Waals surface area contributed by atoms with Crippen molar-refractivity contribution in [1.29, 1.82) is 0 Å². The van der Waals surface area contributed by atoms with Gasteiger partial charge in [-0.25, -0.2) is 8.42 Å². The maximum absolute atomic E-state index is 12.6. The molecule has 1 amide bonds. The van der Waals surface area contributed by atoms with Crippen LogP contribution in [0.5, 0.6) is 0 Å². The Morgan fingerprint density at radius 3 is 2.21 bits per heavy atom. The zero-order valence-electron chi connectivity index (χ0n) is 15.8. The Hall–Kier alpha value is -3.12. The number of carbonyl (C=O) groups excluding carboxylic acids is 1. The van der Waals surface area contributed by atoms with Crippen LogP contribution < -0.4 is 10.0 Å². The van der Waals surface area contributed by atoms with E-state index in [1.807, 2.05) is 56.3 Å². The van der Waals surface area contributed by atoms with Gasteiger partial charge in [-0.1, -0.05) is 48.0 Å². The molecule has 5 nitrogen and oxygen atoms in total. The molecule has 0 aliphatic rings. The number of amides is 1. The lowest BCUT2D eigenvalue weighted by molar-refractivity contribution is 0.0951. The van der Waals surface area contributed by atoms with Crippen LogP contribution in [0.1, 0.15) is 27.0 Å². The monoisotopic (exact) mass is 394 g/mol. The molecule has 28 heavy (non-hydrogen) atoms. The van der Waals surface area contributed by atoms with Crippen molar-refractivity contribution in [3.63, 3.8) is 0 Å². The van der Waals surface area contributed by atoms with Crippen LogP contribution in [0.15, 0.2) is 77.7 Å². The van der Waals surface area contributed by atoms with Crippen molar-refractivity contribution in [3.8, 4) is 0 Å². The molecular weight excluding hydrogens is 372 g/mol. The van der Waals surface area contributed by atoms with Crippen molar-refractivity contribution < 1.29 is 13.2 Å². The standard InChI is InChI=1S/C22H22N2O3S/c1-16-8-13-21(17(2)14-16)24-28(26,27)20-11-9-19(10-12-20)22(25)23-15-18-6-4-3-5-7-18/h3-14,24H,15H2,1-2H3,(H,23,25). The number of anilines is 1. The maximum atomic E-state index is 12.6. The highest BCUT2D eigenvalue weighted by Gasteiger charge is 2.16. The minimum atomic E-state index is -3.73. The maximum Gasteiger partial charge on any atom is 0.261 e. The third-order valence-corrected chi connectivity index (χ3v) is 5.73. The molecular formula is C22H22N2O3S. The van der Waals surface area contributed by atoms with Crippen molar-refractivity contribution in [3.05, 3.63) is 95.1 Å². The van der Waals surface area contributed by atoms with Gasteiger partial charge < -0.3 is 5.32 Å². The van der Waals surface area contributed by atoms with Crippen molar-refractivity contribution in [2.75, 3.05) is 4.72 Å². The van der Waals surface area contributed by atoms with E-state index in [1.165, 1.54) is 24.3 Å². The molecule has 0 spiro atoms. The first-order chi connectivity index (χ1) is 13.3. The summed E-state index contributed by atoms with van der Waals surface area (Å²) < 4.78 is 27.8. The second-order valence-electron chi connectivity index (χ2n) is 6.62. The summed E-state index contributed by atoms with van der Waals surface area (Å²) in [6.45, 7) is 4.21.